The molecule has 0 bridgehead atoms. The molecule has 0 aliphatic carbocycles. The first-order chi connectivity index (χ1) is 8.99. The van der Waals surface area contributed by atoms with E-state index in [0.29, 0.717) is 6.54 Å². The average molecular weight is 326 g/mol. The predicted octanol–water partition coefficient (Wildman–Crippen LogP) is 2.14. The van der Waals surface area contributed by atoms with Gasteiger partial charge in [-0.2, -0.15) is 0 Å². The molecule has 0 radical (unpaired) electrons. The highest BCUT2D eigenvalue weighted by Crippen LogP contribution is 2.29. The number of nitrogens with zero attached hydrogens (tertiary/aromatic N) is 2. The third kappa shape index (κ3) is 3.28. The van der Waals surface area contributed by atoms with E-state index in [0.717, 1.165) is 35.2 Å². The molecule has 1 aliphatic heterocycles. The fraction of sp³-hybridized carbons (Fsp3) is 0.500. The molecule has 19 heavy (non-hydrogen) atoms. The Hall–Kier alpha value is -1.07. The first kappa shape index (κ1) is 14.3. The minimum Gasteiger partial charge on any atom is -0.362 e. The summed E-state index contributed by atoms with van der Waals surface area (Å²) in [6, 6.07) is 6.04. The molecular weight excluding hydrogens is 306 g/mol. The van der Waals surface area contributed by atoms with Gasteiger partial charge in [0.25, 0.3) is 0 Å². The zero-order valence-electron chi connectivity index (χ0n) is 11.4. The van der Waals surface area contributed by atoms with Crippen LogP contribution in [-0.4, -0.2) is 37.5 Å². The van der Waals surface area contributed by atoms with Crippen LogP contribution >= 0.6 is 15.9 Å². The maximum Gasteiger partial charge on any atom is 0.241 e. The quantitative estimate of drug-likeness (QED) is 0.906. The number of carbonyl (C=O) groups is 1. The lowest BCUT2D eigenvalue weighted by Gasteiger charge is -2.26. The van der Waals surface area contributed by atoms with Crippen molar-refractivity contribution in [2.45, 2.75) is 19.4 Å². The Balaban J connectivity index is 2.34. The second-order valence-electron chi connectivity index (χ2n) is 5.08. The molecule has 1 aliphatic rings. The molecule has 2 rings (SSSR count). The minimum absolute atomic E-state index is 0.0424. The SMILES string of the molecule is CC(N)c1ccc(Br)cc1N1CCCN(C)C(=O)C1. The second kappa shape index (κ2) is 5.92. The van der Waals surface area contributed by atoms with Gasteiger partial charge in [-0.05, 0) is 31.0 Å². The van der Waals surface area contributed by atoms with Crippen LogP contribution in [0, 0.1) is 0 Å². The highest BCUT2D eigenvalue weighted by atomic mass is 79.9. The molecule has 104 valence electrons. The van der Waals surface area contributed by atoms with E-state index >= 15 is 0 Å². The first-order valence-electron chi connectivity index (χ1n) is 6.53. The zero-order chi connectivity index (χ0) is 14.0. The lowest BCUT2D eigenvalue weighted by Crippen LogP contribution is -2.35. The Bertz CT molecular complexity index is 476. The monoisotopic (exact) mass is 325 g/mol. The van der Waals surface area contributed by atoms with Crippen LogP contribution in [0.3, 0.4) is 0 Å². The van der Waals surface area contributed by atoms with Crippen molar-refractivity contribution < 1.29 is 4.79 Å². The summed E-state index contributed by atoms with van der Waals surface area (Å²) in [5.41, 5.74) is 8.18. The van der Waals surface area contributed by atoms with Crippen molar-refractivity contribution in [3.05, 3.63) is 28.2 Å². The molecule has 1 saturated heterocycles. The summed E-state index contributed by atoms with van der Waals surface area (Å²) < 4.78 is 1.01. The lowest BCUT2D eigenvalue weighted by molar-refractivity contribution is -0.127. The molecule has 1 fully saturated rings. The molecule has 0 spiro atoms. The average Bonchev–Trinajstić information content (AvgIpc) is 2.51. The van der Waals surface area contributed by atoms with Crippen LogP contribution in [0.15, 0.2) is 22.7 Å². The molecule has 5 heteroatoms. The summed E-state index contributed by atoms with van der Waals surface area (Å²) in [5.74, 6) is 0.160. The molecular formula is C14H20BrN3O. The maximum atomic E-state index is 12.0. The van der Waals surface area contributed by atoms with Gasteiger partial charge in [0.1, 0.15) is 0 Å². The third-order valence-electron chi connectivity index (χ3n) is 3.50. The van der Waals surface area contributed by atoms with Gasteiger partial charge >= 0.3 is 0 Å². The Labute approximate surface area is 122 Å². The predicted molar refractivity (Wildman–Crippen MR) is 81.2 cm³/mol. The topological polar surface area (TPSA) is 49.6 Å². The molecule has 0 aromatic heterocycles. The number of halogens is 1. The van der Waals surface area contributed by atoms with Gasteiger partial charge in [-0.1, -0.05) is 22.0 Å². The number of hydrogen-bond donors (Lipinski definition) is 1. The maximum absolute atomic E-state index is 12.0. The van der Waals surface area contributed by atoms with E-state index in [1.54, 1.807) is 4.90 Å². The molecule has 2 N–H and O–H groups in total. The van der Waals surface area contributed by atoms with Crippen molar-refractivity contribution >= 4 is 27.5 Å². The molecule has 1 amide bonds. The van der Waals surface area contributed by atoms with Gasteiger partial charge in [0.15, 0.2) is 0 Å². The zero-order valence-corrected chi connectivity index (χ0v) is 13.0. The summed E-state index contributed by atoms with van der Waals surface area (Å²) in [5, 5.41) is 0. The molecule has 1 aromatic carbocycles. The number of benzene rings is 1. The molecule has 1 unspecified atom stereocenters. The smallest absolute Gasteiger partial charge is 0.241 e. The minimum atomic E-state index is -0.0424. The van der Waals surface area contributed by atoms with Crippen molar-refractivity contribution in [3.63, 3.8) is 0 Å². The molecule has 1 heterocycles. The number of rotatable bonds is 2. The van der Waals surface area contributed by atoms with Crippen LogP contribution < -0.4 is 10.6 Å². The van der Waals surface area contributed by atoms with Crippen molar-refractivity contribution in [3.8, 4) is 0 Å². The Morgan fingerprint density at radius 2 is 2.11 bits per heavy atom. The summed E-state index contributed by atoms with van der Waals surface area (Å²) in [7, 11) is 1.86. The van der Waals surface area contributed by atoms with Gasteiger partial charge in [-0.25, -0.2) is 0 Å². The van der Waals surface area contributed by atoms with Crippen molar-refractivity contribution in [1.82, 2.24) is 4.90 Å². The summed E-state index contributed by atoms with van der Waals surface area (Å²) in [6.45, 7) is 4.09. The second-order valence-corrected chi connectivity index (χ2v) is 6.00. The summed E-state index contributed by atoms with van der Waals surface area (Å²) in [4.78, 5) is 15.9. The first-order valence-corrected chi connectivity index (χ1v) is 7.32. The molecule has 4 nitrogen and oxygen atoms in total. The highest BCUT2D eigenvalue weighted by Gasteiger charge is 2.21. The number of nitrogens with two attached hydrogens (primary N) is 1. The fourth-order valence-corrected chi connectivity index (χ4v) is 2.72. The molecule has 0 saturated carbocycles. The van der Waals surface area contributed by atoms with E-state index in [-0.39, 0.29) is 11.9 Å². The van der Waals surface area contributed by atoms with Gasteiger partial charge in [0.2, 0.25) is 5.91 Å². The van der Waals surface area contributed by atoms with E-state index in [2.05, 4.69) is 26.9 Å². The van der Waals surface area contributed by atoms with Crippen molar-refractivity contribution in [1.29, 1.82) is 0 Å². The van der Waals surface area contributed by atoms with Gasteiger partial charge in [0.05, 0.1) is 6.54 Å². The van der Waals surface area contributed by atoms with E-state index in [1.165, 1.54) is 0 Å². The lowest BCUT2D eigenvalue weighted by atomic mass is 10.1. The number of carbonyl (C=O) groups excluding carboxylic acids is 1. The normalized spacial score (nSPS) is 18.4. The standard InChI is InChI=1S/C14H20BrN3O/c1-10(16)12-5-4-11(15)8-13(12)18-7-3-6-17(2)14(19)9-18/h4-5,8,10H,3,6-7,9,16H2,1-2H3. The third-order valence-corrected chi connectivity index (χ3v) is 3.99. The van der Waals surface area contributed by atoms with Crippen LogP contribution in [-0.2, 0) is 4.79 Å². The van der Waals surface area contributed by atoms with Gasteiger partial charge < -0.3 is 15.5 Å². The Kier molecular flexibility index (Phi) is 4.47. The van der Waals surface area contributed by atoms with Crippen LogP contribution in [0.1, 0.15) is 24.9 Å². The summed E-state index contributed by atoms with van der Waals surface area (Å²) >= 11 is 3.50. The van der Waals surface area contributed by atoms with Crippen LogP contribution in [0.5, 0.6) is 0 Å². The Morgan fingerprint density at radius 1 is 1.37 bits per heavy atom. The molecule has 1 aromatic rings. The van der Waals surface area contributed by atoms with Crippen molar-refractivity contribution in [2.75, 3.05) is 31.6 Å². The number of anilines is 1. The largest absolute Gasteiger partial charge is 0.362 e. The van der Waals surface area contributed by atoms with Crippen LogP contribution in [0.25, 0.3) is 0 Å². The van der Waals surface area contributed by atoms with Gasteiger partial charge in [-0.15, -0.1) is 0 Å². The van der Waals surface area contributed by atoms with E-state index in [9.17, 15) is 4.79 Å². The number of likely N-dealkylation sites (N-methyl/N-ethyl adjacent to an activating group) is 1. The molecule has 1 atom stereocenters. The number of amides is 1. The van der Waals surface area contributed by atoms with Gasteiger partial charge in [0, 0.05) is 36.3 Å². The van der Waals surface area contributed by atoms with E-state index in [1.807, 2.05) is 26.1 Å². The highest BCUT2D eigenvalue weighted by molar-refractivity contribution is 9.10. The number of hydrogen-bond acceptors (Lipinski definition) is 3. The summed E-state index contributed by atoms with van der Waals surface area (Å²) in [6.07, 6.45) is 0.979. The Morgan fingerprint density at radius 3 is 2.79 bits per heavy atom. The van der Waals surface area contributed by atoms with E-state index in [4.69, 9.17) is 5.73 Å². The van der Waals surface area contributed by atoms with Crippen molar-refractivity contribution in [2.24, 2.45) is 5.73 Å². The van der Waals surface area contributed by atoms with Crippen LogP contribution in [0.2, 0.25) is 0 Å². The van der Waals surface area contributed by atoms with E-state index < -0.39 is 0 Å². The fourth-order valence-electron chi connectivity index (χ4n) is 2.37. The van der Waals surface area contributed by atoms with Gasteiger partial charge in [-0.3, -0.25) is 4.79 Å². The van der Waals surface area contributed by atoms with Crippen LogP contribution in [0.4, 0.5) is 5.69 Å².